The number of rotatable bonds is 5. The number of hydrogen-bond acceptors (Lipinski definition) is 3. The van der Waals surface area contributed by atoms with E-state index in [1.807, 2.05) is 36.4 Å². The number of hydrogen-bond donors (Lipinski definition) is 1. The quantitative estimate of drug-likeness (QED) is 0.741. The molecular formula is C19H17F2N3O2. The van der Waals surface area contributed by atoms with E-state index in [9.17, 15) is 13.6 Å². The minimum atomic E-state index is -2.83. The molecule has 0 fully saturated rings. The largest absolute Gasteiger partial charge is 0.496 e. The highest BCUT2D eigenvalue weighted by Gasteiger charge is 2.23. The number of alkyl halides is 2. The van der Waals surface area contributed by atoms with Gasteiger partial charge in [0, 0.05) is 30.1 Å². The molecule has 0 aliphatic heterocycles. The zero-order chi connectivity index (χ0) is 18.7. The molecule has 0 saturated heterocycles. The van der Waals surface area contributed by atoms with Gasteiger partial charge >= 0.3 is 0 Å². The van der Waals surface area contributed by atoms with Crippen LogP contribution in [0, 0.1) is 0 Å². The van der Waals surface area contributed by atoms with E-state index >= 15 is 0 Å². The summed E-state index contributed by atoms with van der Waals surface area (Å²) in [6.07, 6.45) is -1.55. The second kappa shape index (κ2) is 7.35. The second-order valence-corrected chi connectivity index (χ2v) is 5.60. The first-order valence-electron chi connectivity index (χ1n) is 7.86. The molecule has 5 nitrogen and oxygen atoms in total. The van der Waals surface area contributed by atoms with E-state index < -0.39 is 18.0 Å². The number of methoxy groups -OCH3 is 1. The van der Waals surface area contributed by atoms with Crippen LogP contribution in [0.5, 0.6) is 5.75 Å². The predicted octanol–water partition coefficient (Wildman–Crippen LogP) is 4.29. The van der Waals surface area contributed by atoms with E-state index in [0.29, 0.717) is 11.4 Å². The summed E-state index contributed by atoms with van der Waals surface area (Å²) in [5, 5.41) is 6.37. The monoisotopic (exact) mass is 357 g/mol. The summed E-state index contributed by atoms with van der Waals surface area (Å²) in [6.45, 7) is 0. The summed E-state index contributed by atoms with van der Waals surface area (Å²) in [5.41, 5.74) is 1.30. The first kappa shape index (κ1) is 17.6. The summed E-state index contributed by atoms with van der Waals surface area (Å²) in [5.74, 6) is -0.000376. The van der Waals surface area contributed by atoms with Gasteiger partial charge in [0.25, 0.3) is 12.3 Å². The van der Waals surface area contributed by atoms with Crippen LogP contribution < -0.4 is 10.1 Å². The molecule has 0 atom stereocenters. The molecule has 0 aliphatic rings. The lowest BCUT2D eigenvalue weighted by Gasteiger charge is -2.14. The maximum Gasteiger partial charge on any atom is 0.282 e. The van der Waals surface area contributed by atoms with Crippen molar-refractivity contribution in [2.45, 2.75) is 6.43 Å². The van der Waals surface area contributed by atoms with Crippen LogP contribution in [0.1, 0.15) is 22.5 Å². The third kappa shape index (κ3) is 3.42. The average Bonchev–Trinajstić information content (AvgIpc) is 3.04. The van der Waals surface area contributed by atoms with E-state index in [1.165, 1.54) is 17.9 Å². The highest BCUT2D eigenvalue weighted by atomic mass is 19.3. The smallest absolute Gasteiger partial charge is 0.282 e. The number of aromatic nitrogens is 2. The Labute approximate surface area is 149 Å². The van der Waals surface area contributed by atoms with Crippen molar-refractivity contribution in [1.82, 2.24) is 9.78 Å². The molecule has 0 spiro atoms. The molecule has 0 bridgehead atoms. The van der Waals surface area contributed by atoms with Crippen molar-refractivity contribution in [3.05, 3.63) is 66.0 Å². The van der Waals surface area contributed by atoms with Crippen molar-refractivity contribution in [3.63, 3.8) is 0 Å². The third-order valence-electron chi connectivity index (χ3n) is 3.88. The number of halogens is 2. The number of aryl methyl sites for hydroxylation is 1. The number of anilines is 1. The minimum absolute atomic E-state index is 0.155. The molecular weight excluding hydrogens is 340 g/mol. The molecule has 0 saturated carbocycles. The van der Waals surface area contributed by atoms with Crippen LogP contribution in [-0.4, -0.2) is 22.8 Å². The van der Waals surface area contributed by atoms with Gasteiger partial charge in [-0.25, -0.2) is 8.78 Å². The Bertz CT molecular complexity index is 938. The summed E-state index contributed by atoms with van der Waals surface area (Å²) < 4.78 is 32.8. The molecule has 0 unspecified atom stereocenters. The van der Waals surface area contributed by atoms with E-state index in [1.54, 1.807) is 19.2 Å². The summed E-state index contributed by atoms with van der Waals surface area (Å²) in [6, 6.07) is 14.5. The van der Waals surface area contributed by atoms with Crippen molar-refractivity contribution in [2.24, 2.45) is 7.05 Å². The number of carbonyl (C=O) groups excluding carboxylic acids is 1. The van der Waals surface area contributed by atoms with Crippen LogP contribution in [0.25, 0.3) is 11.1 Å². The molecule has 2 aromatic carbocycles. The lowest BCUT2D eigenvalue weighted by atomic mass is 10.0. The molecule has 3 aromatic rings. The number of amides is 1. The van der Waals surface area contributed by atoms with Gasteiger partial charge in [-0.3, -0.25) is 9.48 Å². The summed E-state index contributed by atoms with van der Waals surface area (Å²) in [4.78, 5) is 12.6. The van der Waals surface area contributed by atoms with Gasteiger partial charge < -0.3 is 10.1 Å². The SMILES string of the molecule is COc1ccccc1-c1ccccc1NC(=O)c1cn(C)nc1C(F)F. The number of ether oxygens (including phenoxy) is 1. The fraction of sp³-hybridized carbons (Fsp3) is 0.158. The van der Waals surface area contributed by atoms with Crippen LogP contribution >= 0.6 is 0 Å². The molecule has 1 N–H and O–H groups in total. The van der Waals surface area contributed by atoms with Crippen molar-refractivity contribution in [2.75, 3.05) is 12.4 Å². The van der Waals surface area contributed by atoms with Gasteiger partial charge in [-0.2, -0.15) is 5.10 Å². The van der Waals surface area contributed by atoms with E-state index in [-0.39, 0.29) is 5.56 Å². The number of benzene rings is 2. The van der Waals surface area contributed by atoms with Gasteiger partial charge in [0.05, 0.1) is 12.7 Å². The molecule has 1 aromatic heterocycles. The number of para-hydroxylation sites is 2. The number of nitrogens with zero attached hydrogens (tertiary/aromatic N) is 2. The molecule has 134 valence electrons. The van der Waals surface area contributed by atoms with E-state index in [0.717, 1.165) is 11.1 Å². The van der Waals surface area contributed by atoms with Gasteiger partial charge in [-0.1, -0.05) is 36.4 Å². The van der Waals surface area contributed by atoms with Crippen LogP contribution in [0.15, 0.2) is 54.7 Å². The van der Waals surface area contributed by atoms with Crippen LogP contribution in [0.4, 0.5) is 14.5 Å². The Balaban J connectivity index is 1.98. The Hall–Kier alpha value is -3.22. The highest BCUT2D eigenvalue weighted by molar-refractivity contribution is 6.07. The standard InChI is InChI=1S/C19H17F2N3O2/c1-24-11-14(17(23-24)18(20)21)19(25)22-15-9-5-3-7-12(15)13-8-4-6-10-16(13)26-2/h3-11,18H,1-2H3,(H,22,25). The third-order valence-corrected chi connectivity index (χ3v) is 3.88. The first-order chi connectivity index (χ1) is 12.5. The van der Waals surface area contributed by atoms with Gasteiger partial charge in [-0.15, -0.1) is 0 Å². The van der Waals surface area contributed by atoms with Gasteiger partial charge in [0.2, 0.25) is 0 Å². The van der Waals surface area contributed by atoms with Crippen molar-refractivity contribution in [3.8, 4) is 16.9 Å². The van der Waals surface area contributed by atoms with Crippen LogP contribution in [-0.2, 0) is 7.05 Å². The van der Waals surface area contributed by atoms with Crippen molar-refractivity contribution >= 4 is 11.6 Å². The van der Waals surface area contributed by atoms with Crippen molar-refractivity contribution < 1.29 is 18.3 Å². The first-order valence-corrected chi connectivity index (χ1v) is 7.86. The summed E-state index contributed by atoms with van der Waals surface area (Å²) >= 11 is 0. The Kier molecular flexibility index (Phi) is 4.97. The highest BCUT2D eigenvalue weighted by Crippen LogP contribution is 2.35. The van der Waals surface area contributed by atoms with Gasteiger partial charge in [-0.05, 0) is 12.1 Å². The minimum Gasteiger partial charge on any atom is -0.496 e. The second-order valence-electron chi connectivity index (χ2n) is 5.60. The Morgan fingerprint density at radius 3 is 2.46 bits per heavy atom. The number of nitrogens with one attached hydrogen (secondary N) is 1. The Morgan fingerprint density at radius 1 is 1.12 bits per heavy atom. The fourth-order valence-electron chi connectivity index (χ4n) is 2.73. The van der Waals surface area contributed by atoms with E-state index in [2.05, 4.69) is 10.4 Å². The normalized spacial score (nSPS) is 10.8. The van der Waals surface area contributed by atoms with Gasteiger partial charge in [0.1, 0.15) is 11.4 Å². The maximum atomic E-state index is 13.1. The maximum absolute atomic E-state index is 13.1. The molecule has 1 heterocycles. The van der Waals surface area contributed by atoms with Gasteiger partial charge in [0.15, 0.2) is 0 Å². The lowest BCUT2D eigenvalue weighted by Crippen LogP contribution is -2.14. The summed E-state index contributed by atoms with van der Waals surface area (Å²) in [7, 11) is 3.05. The molecule has 0 aliphatic carbocycles. The molecule has 3 rings (SSSR count). The van der Waals surface area contributed by atoms with Crippen LogP contribution in [0.3, 0.4) is 0 Å². The Morgan fingerprint density at radius 2 is 1.77 bits per heavy atom. The lowest BCUT2D eigenvalue weighted by molar-refractivity contribution is 0.101. The zero-order valence-electron chi connectivity index (χ0n) is 14.2. The molecule has 1 amide bonds. The molecule has 0 radical (unpaired) electrons. The van der Waals surface area contributed by atoms with Crippen LogP contribution in [0.2, 0.25) is 0 Å². The predicted molar refractivity (Wildman–Crippen MR) is 94.5 cm³/mol. The molecule has 7 heteroatoms. The average molecular weight is 357 g/mol. The zero-order valence-corrected chi connectivity index (χ0v) is 14.2. The number of carbonyl (C=O) groups is 1. The fourth-order valence-corrected chi connectivity index (χ4v) is 2.73. The molecule has 26 heavy (non-hydrogen) atoms. The topological polar surface area (TPSA) is 56.1 Å². The van der Waals surface area contributed by atoms with Crippen molar-refractivity contribution in [1.29, 1.82) is 0 Å². The van der Waals surface area contributed by atoms with E-state index in [4.69, 9.17) is 4.74 Å².